The molecule has 3 aromatic rings. The average molecular weight is 303 g/mol. The third kappa shape index (κ3) is 2.56. The second-order valence-electron chi connectivity index (χ2n) is 4.09. The Labute approximate surface area is 122 Å². The highest BCUT2D eigenvalue weighted by Crippen LogP contribution is 2.33. The number of fused-ring (bicyclic) bond motifs is 1. The molecule has 0 spiro atoms. The zero-order chi connectivity index (χ0) is 14.8. The predicted octanol–water partition coefficient (Wildman–Crippen LogP) is 1.90. The van der Waals surface area contributed by atoms with Crippen molar-refractivity contribution in [1.82, 2.24) is 19.9 Å². The van der Waals surface area contributed by atoms with Gasteiger partial charge in [0.25, 0.3) is 5.69 Å². The number of H-pyrrole nitrogens is 1. The van der Waals surface area contributed by atoms with Crippen molar-refractivity contribution in [3.63, 3.8) is 0 Å². The van der Waals surface area contributed by atoms with Crippen LogP contribution in [0.5, 0.6) is 0 Å². The Kier molecular flexibility index (Phi) is 3.50. The van der Waals surface area contributed by atoms with E-state index in [1.54, 1.807) is 6.07 Å². The lowest BCUT2D eigenvalue weighted by atomic mass is 10.2. The molecule has 0 amide bonds. The normalized spacial score (nSPS) is 10.9. The number of nitrogens with zero attached hydrogens (tertiary/aromatic N) is 4. The number of aliphatic hydroxyl groups is 1. The quantitative estimate of drug-likeness (QED) is 0.429. The maximum atomic E-state index is 10.8. The van der Waals surface area contributed by atoms with Gasteiger partial charge >= 0.3 is 0 Å². The molecule has 21 heavy (non-hydrogen) atoms. The van der Waals surface area contributed by atoms with Crippen LogP contribution in [0.1, 0.15) is 5.56 Å². The predicted molar refractivity (Wildman–Crippen MR) is 74.8 cm³/mol. The van der Waals surface area contributed by atoms with E-state index in [1.165, 1.54) is 36.5 Å². The topological polar surface area (TPSA) is 118 Å². The third-order valence-corrected chi connectivity index (χ3v) is 3.94. The van der Waals surface area contributed by atoms with E-state index in [0.29, 0.717) is 26.6 Å². The van der Waals surface area contributed by atoms with Crippen LogP contribution in [-0.4, -0.2) is 30.0 Å². The molecule has 0 atom stereocenters. The molecule has 106 valence electrons. The highest BCUT2D eigenvalue weighted by atomic mass is 32.2. The molecule has 0 unspecified atom stereocenters. The second-order valence-corrected chi connectivity index (χ2v) is 5.12. The number of benzene rings is 1. The first kappa shape index (κ1) is 13.5. The second kappa shape index (κ2) is 5.46. The van der Waals surface area contributed by atoms with Gasteiger partial charge in [0.1, 0.15) is 16.9 Å². The number of aromatic nitrogens is 4. The maximum absolute atomic E-state index is 10.8. The van der Waals surface area contributed by atoms with Crippen molar-refractivity contribution in [3.05, 3.63) is 46.5 Å². The molecule has 2 N–H and O–H groups in total. The number of rotatable bonds is 4. The molecule has 3 rings (SSSR count). The standard InChI is InChI=1S/C12H9N5O3S/c18-4-7-3-8(17(19)20)1-2-9(7)21-12-10-11(14-5-13-10)15-6-16-12/h1-3,5-6,18H,4H2,(H,13,14,15,16). The Balaban J connectivity index is 2.01. The molecule has 8 nitrogen and oxygen atoms in total. The summed E-state index contributed by atoms with van der Waals surface area (Å²) in [6.07, 6.45) is 2.92. The van der Waals surface area contributed by atoms with E-state index < -0.39 is 4.92 Å². The van der Waals surface area contributed by atoms with Gasteiger partial charge in [-0.3, -0.25) is 10.1 Å². The van der Waals surface area contributed by atoms with Crippen molar-refractivity contribution in [2.24, 2.45) is 0 Å². The lowest BCUT2D eigenvalue weighted by Crippen LogP contribution is -1.94. The van der Waals surface area contributed by atoms with Gasteiger partial charge in [0.15, 0.2) is 5.65 Å². The summed E-state index contributed by atoms with van der Waals surface area (Å²) in [6, 6.07) is 4.35. The van der Waals surface area contributed by atoms with E-state index in [4.69, 9.17) is 0 Å². The SMILES string of the molecule is O=[N+]([O-])c1ccc(Sc2ncnc3nc[nH]c23)c(CO)c1. The summed E-state index contributed by atoms with van der Waals surface area (Å²) in [5, 5.41) is 20.8. The van der Waals surface area contributed by atoms with Crippen LogP contribution in [0.4, 0.5) is 5.69 Å². The molecule has 1 aromatic carbocycles. The van der Waals surface area contributed by atoms with Crippen LogP contribution in [0.2, 0.25) is 0 Å². The number of nitro groups is 1. The zero-order valence-electron chi connectivity index (χ0n) is 10.6. The Morgan fingerprint density at radius 1 is 1.33 bits per heavy atom. The van der Waals surface area contributed by atoms with E-state index in [9.17, 15) is 15.2 Å². The van der Waals surface area contributed by atoms with Gasteiger partial charge in [-0.1, -0.05) is 11.8 Å². The van der Waals surface area contributed by atoms with E-state index in [-0.39, 0.29) is 12.3 Å². The largest absolute Gasteiger partial charge is 0.392 e. The van der Waals surface area contributed by atoms with Crippen LogP contribution in [-0.2, 0) is 6.61 Å². The first-order chi connectivity index (χ1) is 10.2. The zero-order valence-corrected chi connectivity index (χ0v) is 11.4. The first-order valence-corrected chi connectivity index (χ1v) is 6.71. The molecule has 0 radical (unpaired) electrons. The van der Waals surface area contributed by atoms with Crippen molar-refractivity contribution in [1.29, 1.82) is 0 Å². The average Bonchev–Trinajstić information content (AvgIpc) is 2.97. The molecule has 0 fully saturated rings. The van der Waals surface area contributed by atoms with Crippen LogP contribution in [0.15, 0.2) is 40.8 Å². The highest BCUT2D eigenvalue weighted by Gasteiger charge is 2.14. The fraction of sp³-hybridized carbons (Fsp3) is 0.0833. The monoisotopic (exact) mass is 303 g/mol. The van der Waals surface area contributed by atoms with Crippen molar-refractivity contribution in [2.75, 3.05) is 0 Å². The van der Waals surface area contributed by atoms with Gasteiger partial charge in [-0.15, -0.1) is 0 Å². The number of hydrogen-bond donors (Lipinski definition) is 2. The van der Waals surface area contributed by atoms with Gasteiger partial charge < -0.3 is 10.1 Å². The molecule has 2 heterocycles. The summed E-state index contributed by atoms with van der Waals surface area (Å²) in [7, 11) is 0. The molecular weight excluding hydrogens is 294 g/mol. The van der Waals surface area contributed by atoms with Gasteiger partial charge in [-0.2, -0.15) is 0 Å². The number of aromatic amines is 1. The van der Waals surface area contributed by atoms with E-state index >= 15 is 0 Å². The molecule has 0 aliphatic heterocycles. The first-order valence-electron chi connectivity index (χ1n) is 5.89. The number of nitrogens with one attached hydrogen (secondary N) is 1. The van der Waals surface area contributed by atoms with Gasteiger partial charge in [0, 0.05) is 17.0 Å². The Morgan fingerprint density at radius 3 is 2.95 bits per heavy atom. The summed E-state index contributed by atoms with van der Waals surface area (Å²) in [5.74, 6) is 0. The van der Waals surface area contributed by atoms with E-state index in [1.807, 2.05) is 0 Å². The highest BCUT2D eigenvalue weighted by molar-refractivity contribution is 7.99. The van der Waals surface area contributed by atoms with Gasteiger partial charge in [-0.25, -0.2) is 15.0 Å². The van der Waals surface area contributed by atoms with Crippen molar-refractivity contribution >= 4 is 28.6 Å². The molecule has 2 aromatic heterocycles. The molecule has 9 heteroatoms. The lowest BCUT2D eigenvalue weighted by molar-refractivity contribution is -0.385. The Morgan fingerprint density at radius 2 is 2.19 bits per heavy atom. The van der Waals surface area contributed by atoms with Crippen LogP contribution in [0.25, 0.3) is 11.2 Å². The van der Waals surface area contributed by atoms with Crippen molar-refractivity contribution in [2.45, 2.75) is 16.5 Å². The fourth-order valence-corrected chi connectivity index (χ4v) is 2.78. The number of hydrogen-bond acceptors (Lipinski definition) is 7. The summed E-state index contributed by atoms with van der Waals surface area (Å²) in [5.41, 5.74) is 1.64. The van der Waals surface area contributed by atoms with E-state index in [0.717, 1.165) is 0 Å². The lowest BCUT2D eigenvalue weighted by Gasteiger charge is -2.06. The molecular formula is C12H9N5O3S. The number of imidazole rings is 1. The van der Waals surface area contributed by atoms with Crippen LogP contribution >= 0.6 is 11.8 Å². The molecule has 0 saturated heterocycles. The number of non-ortho nitro benzene ring substituents is 1. The van der Waals surface area contributed by atoms with Crippen molar-refractivity contribution in [3.8, 4) is 0 Å². The van der Waals surface area contributed by atoms with Gasteiger partial charge in [-0.05, 0) is 11.6 Å². The van der Waals surface area contributed by atoms with Crippen LogP contribution < -0.4 is 0 Å². The van der Waals surface area contributed by atoms with Gasteiger partial charge in [0.05, 0.1) is 17.9 Å². The fourth-order valence-electron chi connectivity index (χ4n) is 1.83. The van der Waals surface area contributed by atoms with Crippen LogP contribution in [0, 0.1) is 10.1 Å². The Hall–Kier alpha value is -2.52. The summed E-state index contributed by atoms with van der Waals surface area (Å²) in [6.45, 7) is -0.290. The number of nitro benzene ring substituents is 1. The molecule has 0 saturated carbocycles. The maximum Gasteiger partial charge on any atom is 0.269 e. The minimum Gasteiger partial charge on any atom is -0.392 e. The minimum atomic E-state index is -0.495. The molecule has 0 aliphatic carbocycles. The van der Waals surface area contributed by atoms with E-state index in [2.05, 4.69) is 19.9 Å². The minimum absolute atomic E-state index is 0.0576. The summed E-state index contributed by atoms with van der Waals surface area (Å²) < 4.78 is 0. The van der Waals surface area contributed by atoms with Gasteiger partial charge in [0.2, 0.25) is 0 Å². The molecule has 0 aliphatic rings. The smallest absolute Gasteiger partial charge is 0.269 e. The molecule has 0 bridgehead atoms. The van der Waals surface area contributed by atoms with Crippen LogP contribution in [0.3, 0.4) is 0 Å². The summed E-state index contributed by atoms with van der Waals surface area (Å²) >= 11 is 1.29. The third-order valence-electron chi connectivity index (χ3n) is 2.82. The Bertz CT molecular complexity index is 820. The summed E-state index contributed by atoms with van der Waals surface area (Å²) in [4.78, 5) is 26.1. The van der Waals surface area contributed by atoms with Crippen molar-refractivity contribution < 1.29 is 10.0 Å². The number of aliphatic hydroxyl groups excluding tert-OH is 1.